The topological polar surface area (TPSA) is 130 Å². The lowest BCUT2D eigenvalue weighted by Crippen LogP contribution is -2.47. The zero-order valence-electron chi connectivity index (χ0n) is 35.2. The third-order valence-electron chi connectivity index (χ3n) is 14.4. The number of nitrogens with zero attached hydrogens (tertiary/aromatic N) is 2. The molecule has 0 amide bonds. The van der Waals surface area contributed by atoms with Crippen molar-refractivity contribution in [2.24, 2.45) is 39.8 Å². The lowest BCUT2D eigenvalue weighted by atomic mass is 9.73. The third kappa shape index (κ3) is 7.98. The number of hydrogen-bond donors (Lipinski definition) is 4. The van der Waals surface area contributed by atoms with Crippen LogP contribution < -0.4 is 20.5 Å². The smallest absolute Gasteiger partial charge is 0.187 e. The summed E-state index contributed by atoms with van der Waals surface area (Å²) in [5.41, 5.74) is 14.3. The molecular weight excluding hydrogens is 749 g/mol. The molecule has 9 rings (SSSR count). The Morgan fingerprint density at radius 1 is 1.08 bits per heavy atom. The van der Waals surface area contributed by atoms with Gasteiger partial charge in [-0.25, -0.2) is 0 Å². The first-order chi connectivity index (χ1) is 29.2. The number of nitrogens with one attached hydrogen (secondary N) is 1. The third-order valence-corrected chi connectivity index (χ3v) is 14.4. The van der Waals surface area contributed by atoms with Crippen LogP contribution in [0.2, 0.25) is 0 Å². The molecule has 9 heteroatoms. The fourth-order valence-corrected chi connectivity index (χ4v) is 10.8. The molecule has 1 fully saturated rings. The van der Waals surface area contributed by atoms with E-state index in [-0.39, 0.29) is 23.8 Å². The number of rotatable bonds is 10. The molecule has 5 aliphatic heterocycles. The second kappa shape index (κ2) is 17.4. The predicted octanol–water partition coefficient (Wildman–Crippen LogP) is 7.52. The Morgan fingerprint density at radius 3 is 2.75 bits per heavy atom. The molecule has 1 spiro atoms. The molecule has 60 heavy (non-hydrogen) atoms. The van der Waals surface area contributed by atoms with E-state index < -0.39 is 29.8 Å². The average molecular weight is 809 g/mol. The first kappa shape index (κ1) is 40.7. The van der Waals surface area contributed by atoms with Crippen LogP contribution in [0.3, 0.4) is 0 Å². The Bertz CT molecular complexity index is 2240. The van der Waals surface area contributed by atoms with Gasteiger partial charge in [-0.2, -0.15) is 0 Å². The SMILES string of the molecule is CCCCC[C@H](C(=O)CCc1ccc2c(c1)O[C@H]1[C@@H](C#C[C@H](O)c3ccc4c(c3CC3=CN=C5CN1C=C35)CCN[C@H]4N)C1(C#CO2)CCCC1)[C@H](O)[C@H]1C=C[C@H](C)CC1. The fraction of sp³-hybridized carbons (Fsp3) is 0.529. The number of benzene rings is 2. The number of aliphatic imine (C=N–C) groups is 1. The quantitative estimate of drug-likeness (QED) is 0.110. The zero-order valence-corrected chi connectivity index (χ0v) is 35.2. The molecule has 2 aliphatic carbocycles. The molecule has 0 saturated heterocycles. The number of unbranched alkanes of at least 4 members (excludes halogenated alkanes) is 2. The highest BCUT2D eigenvalue weighted by atomic mass is 16.5. The van der Waals surface area contributed by atoms with Crippen molar-refractivity contribution in [2.45, 2.75) is 128 Å². The van der Waals surface area contributed by atoms with Gasteiger partial charge in [0.15, 0.2) is 17.7 Å². The van der Waals surface area contributed by atoms with Gasteiger partial charge in [0.2, 0.25) is 0 Å². The summed E-state index contributed by atoms with van der Waals surface area (Å²) < 4.78 is 13.4. The lowest BCUT2D eigenvalue weighted by molar-refractivity contribution is -0.127. The molecule has 2 bridgehead atoms. The Morgan fingerprint density at radius 2 is 1.93 bits per heavy atom. The van der Waals surface area contributed by atoms with Crippen LogP contribution in [-0.2, 0) is 24.1 Å². The number of allylic oxidation sites excluding steroid dienone is 2. The van der Waals surface area contributed by atoms with Gasteiger partial charge in [0.05, 0.1) is 35.9 Å². The number of nitrogens with two attached hydrogens (primary N) is 1. The van der Waals surface area contributed by atoms with E-state index in [2.05, 4.69) is 66.3 Å². The van der Waals surface area contributed by atoms with Gasteiger partial charge in [0.25, 0.3) is 0 Å². The maximum atomic E-state index is 14.0. The molecule has 314 valence electrons. The number of aryl methyl sites for hydroxylation is 1. The van der Waals surface area contributed by atoms with Crippen molar-refractivity contribution in [3.05, 3.63) is 93.8 Å². The van der Waals surface area contributed by atoms with Crippen molar-refractivity contribution in [3.8, 4) is 35.4 Å². The van der Waals surface area contributed by atoms with Crippen LogP contribution in [0, 0.1) is 53.0 Å². The van der Waals surface area contributed by atoms with Gasteiger partial charge in [-0.15, -0.1) is 0 Å². The Hall–Kier alpha value is -4.64. The number of fused-ring (bicyclic) bond motifs is 8. The van der Waals surface area contributed by atoms with Crippen LogP contribution >= 0.6 is 0 Å². The summed E-state index contributed by atoms with van der Waals surface area (Å²) in [6, 6.07) is 9.93. The molecular formula is C51H60N4O5. The van der Waals surface area contributed by atoms with Crippen molar-refractivity contribution >= 4 is 11.5 Å². The average Bonchev–Trinajstić information content (AvgIpc) is 4.00. The number of aliphatic hydroxyl groups is 2. The van der Waals surface area contributed by atoms with E-state index in [0.717, 1.165) is 110 Å². The minimum absolute atomic E-state index is 0.0178. The van der Waals surface area contributed by atoms with Crippen molar-refractivity contribution in [3.63, 3.8) is 0 Å². The molecule has 9 nitrogen and oxygen atoms in total. The highest BCUT2D eigenvalue weighted by Crippen LogP contribution is 2.49. The van der Waals surface area contributed by atoms with Gasteiger partial charge >= 0.3 is 0 Å². The molecule has 8 atom stereocenters. The van der Waals surface area contributed by atoms with Gasteiger partial charge in [0, 0.05) is 49.2 Å². The predicted molar refractivity (Wildman–Crippen MR) is 233 cm³/mol. The molecule has 7 aliphatic rings. The Kier molecular flexibility index (Phi) is 11.8. The van der Waals surface area contributed by atoms with E-state index in [9.17, 15) is 15.0 Å². The summed E-state index contributed by atoms with van der Waals surface area (Å²) in [6.07, 6.45) is 20.8. The summed E-state index contributed by atoms with van der Waals surface area (Å²) in [5.74, 6) is 11.5. The summed E-state index contributed by atoms with van der Waals surface area (Å²) in [7, 11) is 0. The van der Waals surface area contributed by atoms with Crippen LogP contribution in [0.25, 0.3) is 0 Å². The van der Waals surface area contributed by atoms with Gasteiger partial charge in [-0.05, 0) is 96.4 Å². The minimum atomic E-state index is -1.02. The standard InChI is InChI=1S/C51H60N4O5/c1-3-4-5-8-39(48(58)34-13-9-32(2)10-14-34)45(57)18-11-33-12-20-46-47(27-33)60-50-42(51(24-26-59-46)22-6-7-23-51)17-19-44(56)37-15-16-38-36(21-25-53-49(38)52)40(37)28-35-29-54-43-31-55(50)30-41(35)43/h9,12-13,15-16,20,27,29-30,32,34,39,42,44,48-50,53,56,58H,3-8,10-11,14,18,21-23,25,28,31,52H2,1-2H3/t32-,34-,39+,42+,44-,48+,49+,50-/m0/s1. The molecule has 2 aromatic rings. The fourth-order valence-electron chi connectivity index (χ4n) is 10.8. The van der Waals surface area contributed by atoms with Gasteiger partial charge in [-0.1, -0.05) is 94.1 Å². The van der Waals surface area contributed by atoms with E-state index >= 15 is 0 Å². The van der Waals surface area contributed by atoms with Crippen LogP contribution in [0.1, 0.15) is 125 Å². The van der Waals surface area contributed by atoms with Crippen LogP contribution in [0.15, 0.2) is 71.0 Å². The second-order valence-corrected chi connectivity index (χ2v) is 18.3. The normalized spacial score (nSPS) is 27.9. The molecule has 1 saturated carbocycles. The molecule has 2 aromatic carbocycles. The number of carbonyl (C=O) groups excluding carboxylic acids is 1. The molecule has 5 N–H and O–H groups in total. The second-order valence-electron chi connectivity index (χ2n) is 18.3. The van der Waals surface area contributed by atoms with Gasteiger partial charge < -0.3 is 30.3 Å². The Labute approximate surface area is 355 Å². The number of ether oxygens (including phenoxy) is 2. The maximum absolute atomic E-state index is 14.0. The van der Waals surface area contributed by atoms with Gasteiger partial charge in [-0.3, -0.25) is 15.1 Å². The molecule has 0 radical (unpaired) electrons. The van der Waals surface area contributed by atoms with E-state index in [1.807, 2.05) is 36.5 Å². The first-order valence-electron chi connectivity index (χ1n) is 22.7. The van der Waals surface area contributed by atoms with Crippen LogP contribution in [0.4, 0.5) is 0 Å². The van der Waals surface area contributed by atoms with Crippen molar-refractivity contribution in [1.82, 2.24) is 10.2 Å². The number of carbonyl (C=O) groups is 1. The highest BCUT2D eigenvalue weighted by Gasteiger charge is 2.49. The van der Waals surface area contributed by atoms with Gasteiger partial charge in [0.1, 0.15) is 18.0 Å². The molecule has 5 heterocycles. The first-order valence-corrected chi connectivity index (χ1v) is 22.7. The van der Waals surface area contributed by atoms with Crippen LogP contribution in [0.5, 0.6) is 11.5 Å². The highest BCUT2D eigenvalue weighted by molar-refractivity contribution is 6.09. The Balaban J connectivity index is 1.04. The van der Waals surface area contributed by atoms with Crippen molar-refractivity contribution in [1.29, 1.82) is 0 Å². The number of hydrogen-bond acceptors (Lipinski definition) is 9. The minimum Gasteiger partial charge on any atom is -0.465 e. The van der Waals surface area contributed by atoms with E-state index in [4.69, 9.17) is 20.2 Å². The largest absolute Gasteiger partial charge is 0.465 e. The lowest BCUT2D eigenvalue weighted by Gasteiger charge is -2.39. The summed E-state index contributed by atoms with van der Waals surface area (Å²) in [6.45, 7) is 5.70. The monoisotopic (exact) mass is 808 g/mol. The number of aliphatic hydroxyl groups excluding tert-OH is 2. The van der Waals surface area contributed by atoms with Crippen LogP contribution in [-0.4, -0.2) is 52.0 Å². The summed E-state index contributed by atoms with van der Waals surface area (Å²) in [4.78, 5) is 21.2. The maximum Gasteiger partial charge on any atom is 0.187 e. The molecule has 0 unspecified atom stereocenters. The summed E-state index contributed by atoms with van der Waals surface area (Å²) in [5, 5.41) is 27.0. The zero-order chi connectivity index (χ0) is 41.4. The van der Waals surface area contributed by atoms with Crippen molar-refractivity contribution < 1.29 is 24.5 Å². The van der Waals surface area contributed by atoms with Crippen molar-refractivity contribution in [2.75, 3.05) is 13.1 Å². The van der Waals surface area contributed by atoms with E-state index in [1.165, 1.54) is 5.56 Å². The summed E-state index contributed by atoms with van der Waals surface area (Å²) >= 11 is 0. The number of ketones is 1. The molecule has 0 aromatic heterocycles. The number of Topliss-reactive ketones (excluding diaryl/α,β-unsaturated/α-hetero) is 1. The van der Waals surface area contributed by atoms with E-state index in [1.54, 1.807) is 0 Å². The van der Waals surface area contributed by atoms with E-state index in [0.29, 0.717) is 49.6 Å².